The fourth-order valence-corrected chi connectivity index (χ4v) is 8.17. The van der Waals surface area contributed by atoms with Gasteiger partial charge in [-0.2, -0.15) is 5.10 Å². The minimum absolute atomic E-state index is 0.0660. The fourth-order valence-electron chi connectivity index (χ4n) is 4.86. The van der Waals surface area contributed by atoms with Crippen molar-refractivity contribution < 1.29 is 33.9 Å². The molecule has 0 aromatic carbocycles. The monoisotopic (exact) mass is 655 g/mol. The lowest BCUT2D eigenvalue weighted by Gasteiger charge is -2.49. The number of rotatable bonds is 11. The van der Waals surface area contributed by atoms with E-state index < -0.39 is 41.8 Å². The number of oxime groups is 1. The number of aromatic amines is 1. The lowest BCUT2D eigenvalue weighted by molar-refractivity contribution is -0.150. The Morgan fingerprint density at radius 2 is 2.16 bits per heavy atom. The average Bonchev–Trinajstić information content (AvgIpc) is 3.80. The third kappa shape index (κ3) is 5.77. The predicted molar refractivity (Wildman–Crippen MR) is 163 cm³/mol. The highest BCUT2D eigenvalue weighted by Crippen LogP contribution is 2.46. The van der Waals surface area contributed by atoms with Gasteiger partial charge in [-0.3, -0.25) is 19.6 Å². The van der Waals surface area contributed by atoms with Gasteiger partial charge in [0.05, 0.1) is 17.2 Å². The number of β-lactam (4-membered cyclic amide) rings is 1. The van der Waals surface area contributed by atoms with Crippen LogP contribution in [0.25, 0.3) is 0 Å². The van der Waals surface area contributed by atoms with Crippen LogP contribution in [0.3, 0.4) is 0 Å². The highest BCUT2D eigenvalue weighted by molar-refractivity contribution is 8.04. The summed E-state index contributed by atoms with van der Waals surface area (Å²) in [4.78, 5) is 65.7. The number of carbonyl (C=O) groups excluding carboxylic acids is 3. The number of thioether (sulfide) groups is 2. The van der Waals surface area contributed by atoms with Crippen LogP contribution >= 0.6 is 34.9 Å². The van der Waals surface area contributed by atoms with E-state index in [0.29, 0.717) is 11.3 Å². The number of aromatic nitrogens is 2. The zero-order chi connectivity index (χ0) is 30.8. The van der Waals surface area contributed by atoms with Crippen LogP contribution in [0, 0.1) is 0 Å². The first-order valence-corrected chi connectivity index (χ1v) is 16.2. The van der Waals surface area contributed by atoms with Gasteiger partial charge >= 0.3 is 11.9 Å². The number of carboxylic acids is 1. The summed E-state index contributed by atoms with van der Waals surface area (Å²) in [5, 5.41) is 24.3. The normalized spacial score (nSPS) is 22.5. The van der Waals surface area contributed by atoms with Crippen LogP contribution in [-0.4, -0.2) is 97.3 Å². The topological polar surface area (TPSA) is 179 Å². The van der Waals surface area contributed by atoms with Gasteiger partial charge in [-0.1, -0.05) is 23.0 Å². The molecule has 6 rings (SSSR count). The van der Waals surface area contributed by atoms with Crippen molar-refractivity contribution in [3.05, 3.63) is 74.9 Å². The van der Waals surface area contributed by atoms with Crippen molar-refractivity contribution in [2.75, 3.05) is 25.5 Å². The van der Waals surface area contributed by atoms with Crippen LogP contribution < -0.4 is 5.32 Å². The number of nitrogens with one attached hydrogen (secondary N) is 2. The zero-order valence-corrected chi connectivity index (χ0v) is 25.5. The third-order valence-electron chi connectivity index (χ3n) is 6.78. The van der Waals surface area contributed by atoms with E-state index in [1.807, 2.05) is 40.8 Å². The molecule has 0 radical (unpaired) electrons. The van der Waals surface area contributed by atoms with Crippen molar-refractivity contribution in [1.82, 2.24) is 25.3 Å². The number of amidine groups is 1. The molecule has 4 aliphatic rings. The molecule has 3 atom stereocenters. The minimum Gasteiger partial charge on any atom is -0.477 e. The third-order valence-corrected chi connectivity index (χ3v) is 10.4. The van der Waals surface area contributed by atoms with Crippen molar-refractivity contribution in [2.24, 2.45) is 10.1 Å². The summed E-state index contributed by atoms with van der Waals surface area (Å²) >= 11 is 4.62. The molecule has 0 saturated carbocycles. The highest BCUT2D eigenvalue weighted by Gasteiger charge is 2.54. The average molecular weight is 656 g/mol. The van der Waals surface area contributed by atoms with Crippen molar-refractivity contribution >= 4 is 70.2 Å². The van der Waals surface area contributed by atoms with Gasteiger partial charge in [-0.25, -0.2) is 14.6 Å². The van der Waals surface area contributed by atoms with Gasteiger partial charge in [0.15, 0.2) is 5.71 Å². The molecule has 1 saturated heterocycles. The van der Waals surface area contributed by atoms with Gasteiger partial charge in [0.25, 0.3) is 11.8 Å². The summed E-state index contributed by atoms with van der Waals surface area (Å²) in [7, 11) is 0. The number of ether oxygens (including phenoxy) is 1. The first-order valence-electron chi connectivity index (χ1n) is 13.3. The Hall–Kier alpha value is -4.35. The molecule has 0 aliphatic carbocycles. The first kappa shape index (κ1) is 29.7. The number of carboxylic acid groups (broad SMARTS) is 1. The number of hydrogen-bond acceptors (Lipinski definition) is 13. The maximum atomic E-state index is 13.3. The number of fused-ring (bicyclic) bond motifs is 2. The van der Waals surface area contributed by atoms with Crippen molar-refractivity contribution in [3.63, 3.8) is 0 Å². The van der Waals surface area contributed by atoms with E-state index in [-0.39, 0.29) is 35.6 Å². The Kier molecular flexibility index (Phi) is 8.58. The molecule has 228 valence electrons. The molecule has 17 heteroatoms. The molecule has 6 heterocycles. The van der Waals surface area contributed by atoms with Crippen LogP contribution in [0.5, 0.6) is 0 Å². The van der Waals surface area contributed by atoms with Gasteiger partial charge < -0.3 is 24.9 Å². The predicted octanol–water partition coefficient (Wildman–Crippen LogP) is 2.05. The lowest BCUT2D eigenvalue weighted by Crippen LogP contribution is -2.71. The van der Waals surface area contributed by atoms with E-state index in [9.17, 15) is 24.3 Å². The summed E-state index contributed by atoms with van der Waals surface area (Å²) < 4.78 is 4.79. The molecule has 4 aliphatic heterocycles. The maximum Gasteiger partial charge on any atom is 0.352 e. The number of esters is 1. The van der Waals surface area contributed by atoms with Crippen LogP contribution in [0.15, 0.2) is 74.5 Å². The van der Waals surface area contributed by atoms with E-state index in [0.717, 1.165) is 15.6 Å². The fraction of sp³-hybridized carbons (Fsp3) is 0.296. The molecule has 3 N–H and O–H groups in total. The summed E-state index contributed by atoms with van der Waals surface area (Å²) in [6.45, 7) is 1.52. The van der Waals surface area contributed by atoms with Crippen molar-refractivity contribution in [3.8, 4) is 0 Å². The number of allylic oxidation sites excluding steroid dienone is 2. The van der Waals surface area contributed by atoms with Crippen LogP contribution in [-0.2, 0) is 28.8 Å². The number of aliphatic imine (C=N–C) groups is 1. The molecule has 2 aromatic rings. The minimum atomic E-state index is -1.23. The quantitative estimate of drug-likeness (QED) is 0.140. The molecular formula is C27H25N7O7S3. The summed E-state index contributed by atoms with van der Waals surface area (Å²) in [6, 6.07) is 4.49. The number of amides is 2. The largest absolute Gasteiger partial charge is 0.477 e. The molecule has 14 nitrogen and oxygen atoms in total. The smallest absolute Gasteiger partial charge is 0.352 e. The van der Waals surface area contributed by atoms with Gasteiger partial charge in [-0.15, -0.1) is 23.1 Å². The molecule has 2 unspecified atom stereocenters. The van der Waals surface area contributed by atoms with E-state index in [1.165, 1.54) is 28.9 Å². The van der Waals surface area contributed by atoms with E-state index in [4.69, 9.17) is 14.6 Å². The Balaban J connectivity index is 1.17. The first-order chi connectivity index (χ1) is 21.4. The molecule has 2 amide bonds. The summed E-state index contributed by atoms with van der Waals surface area (Å²) in [5.74, 6) is -2.14. The summed E-state index contributed by atoms with van der Waals surface area (Å²) in [5.41, 5.74) is 0.402. The van der Waals surface area contributed by atoms with Crippen molar-refractivity contribution in [1.29, 1.82) is 0 Å². The number of aliphatic carboxylic acids is 1. The second-order valence-corrected chi connectivity index (χ2v) is 12.8. The standard InChI is InChI=1S/C27H25N7O7S3/c1-2-40-18(35)12-41-32-19(15-7-8-28-31-15)23(36)29-20-25(37)34-21(27(38)39)14(13-43-26(20)34)11-33-9-3-5-16-22(33)30-24(44-16)17-6-4-10-42-17/h3-10,20,24,26H,2,11-13H2,1H3,(H,28,31)(H,29,36)(H,38,39)/b32-19+/t20?,24?,26-/m1/s1. The van der Waals surface area contributed by atoms with Gasteiger partial charge in [0.1, 0.15) is 28.3 Å². The SMILES string of the molecule is CCOC(=O)CO/N=C(/C(=O)NC1C(=O)N2C(C(=O)O)=C(CN3C=CC=C4SC(c5cccs5)N=C43)CS[C@H]12)c1ccn[nH]1. The van der Waals surface area contributed by atoms with E-state index >= 15 is 0 Å². The van der Waals surface area contributed by atoms with E-state index in [1.54, 1.807) is 30.0 Å². The lowest BCUT2D eigenvalue weighted by atomic mass is 10.0. The molecular weight excluding hydrogens is 631 g/mol. The molecule has 0 bridgehead atoms. The number of thiophene rings is 1. The molecule has 0 spiro atoms. The van der Waals surface area contributed by atoms with Gasteiger partial charge in [-0.05, 0) is 42.2 Å². The van der Waals surface area contributed by atoms with Gasteiger partial charge in [0, 0.05) is 29.6 Å². The van der Waals surface area contributed by atoms with Crippen LogP contribution in [0.4, 0.5) is 0 Å². The molecule has 1 fully saturated rings. The zero-order valence-electron chi connectivity index (χ0n) is 23.0. The Labute approximate surface area is 262 Å². The summed E-state index contributed by atoms with van der Waals surface area (Å²) in [6.07, 6.45) is 7.13. The number of hydrogen-bond donors (Lipinski definition) is 3. The second-order valence-electron chi connectivity index (χ2n) is 9.55. The number of nitrogens with zero attached hydrogens (tertiary/aromatic N) is 5. The highest BCUT2D eigenvalue weighted by atomic mass is 32.2. The van der Waals surface area contributed by atoms with Crippen LogP contribution in [0.1, 0.15) is 22.9 Å². The van der Waals surface area contributed by atoms with Crippen LogP contribution in [0.2, 0.25) is 0 Å². The molecule has 2 aromatic heterocycles. The van der Waals surface area contributed by atoms with Crippen molar-refractivity contribution in [2.45, 2.75) is 23.7 Å². The Bertz CT molecular complexity index is 1630. The number of H-pyrrole nitrogens is 1. The maximum absolute atomic E-state index is 13.3. The molecule has 44 heavy (non-hydrogen) atoms. The van der Waals surface area contributed by atoms with Gasteiger partial charge in [0.2, 0.25) is 6.61 Å². The number of carbonyl (C=O) groups is 4. The Morgan fingerprint density at radius 3 is 2.89 bits per heavy atom. The Morgan fingerprint density at radius 1 is 1.30 bits per heavy atom. The van der Waals surface area contributed by atoms with E-state index in [2.05, 4.69) is 20.7 Å². The second kappa shape index (κ2) is 12.7.